The van der Waals surface area contributed by atoms with E-state index >= 15 is 0 Å². The van der Waals surface area contributed by atoms with Crippen molar-refractivity contribution in [1.82, 2.24) is 4.98 Å². The van der Waals surface area contributed by atoms with Gasteiger partial charge in [0.1, 0.15) is 5.01 Å². The lowest BCUT2D eigenvalue weighted by molar-refractivity contribution is -0.137. The zero-order valence-corrected chi connectivity index (χ0v) is 14.2. The number of ether oxygens (including phenoxy) is 1. The number of carboxylic acids is 1. The largest absolute Gasteiger partial charge is 0.483 e. The van der Waals surface area contributed by atoms with Gasteiger partial charge >= 0.3 is 5.97 Å². The Kier molecular flexibility index (Phi) is 5.85. The minimum absolute atomic E-state index is 0.0110. The molecule has 1 heterocycles. The van der Waals surface area contributed by atoms with Gasteiger partial charge in [0.15, 0.2) is 5.05 Å². The van der Waals surface area contributed by atoms with Gasteiger partial charge < -0.3 is 9.84 Å². The third-order valence-corrected chi connectivity index (χ3v) is 4.82. The molecule has 4 nitrogen and oxygen atoms in total. The predicted molar refractivity (Wildman–Crippen MR) is 92.7 cm³/mol. The summed E-state index contributed by atoms with van der Waals surface area (Å²) in [6, 6.07) is 7.74. The number of fused-ring (bicyclic) bond motifs is 1. The monoisotopic (exact) mass is 337 g/mol. The number of carboxylic acid groups (broad SMARTS) is 1. The van der Waals surface area contributed by atoms with Crippen LogP contribution in [0.3, 0.4) is 0 Å². The first-order valence-corrected chi connectivity index (χ1v) is 8.51. The van der Waals surface area contributed by atoms with E-state index < -0.39 is 11.9 Å². The molecule has 0 fully saturated rings. The summed E-state index contributed by atoms with van der Waals surface area (Å²) in [6.07, 6.45) is 1.77. The number of nitrogens with zero attached hydrogens (tertiary/aromatic N) is 1. The Morgan fingerprint density at radius 2 is 2.18 bits per heavy atom. The van der Waals surface area contributed by atoms with Crippen molar-refractivity contribution in [1.29, 1.82) is 0 Å². The van der Waals surface area contributed by atoms with Crippen molar-refractivity contribution in [3.8, 4) is 0 Å². The minimum atomic E-state index is -0.904. The second kappa shape index (κ2) is 7.65. The molecule has 1 aromatic heterocycles. The zero-order valence-electron chi connectivity index (χ0n) is 12.6. The van der Waals surface area contributed by atoms with Crippen LogP contribution < -0.4 is 0 Å². The van der Waals surface area contributed by atoms with E-state index in [1.807, 2.05) is 31.2 Å². The first-order valence-electron chi connectivity index (χ1n) is 7.29. The maximum Gasteiger partial charge on any atom is 0.304 e. The molecule has 2 rings (SSSR count). The molecular formula is C16H19NO3S2. The van der Waals surface area contributed by atoms with E-state index in [4.69, 9.17) is 22.1 Å². The maximum atomic E-state index is 11.2. The lowest BCUT2D eigenvalue weighted by Gasteiger charge is -2.19. The van der Waals surface area contributed by atoms with Crippen LogP contribution in [-0.4, -0.2) is 27.2 Å². The van der Waals surface area contributed by atoms with E-state index in [0.717, 1.165) is 23.1 Å². The highest BCUT2D eigenvalue weighted by atomic mass is 32.1. The van der Waals surface area contributed by atoms with Crippen LogP contribution in [0.5, 0.6) is 0 Å². The van der Waals surface area contributed by atoms with E-state index in [1.54, 1.807) is 0 Å². The van der Waals surface area contributed by atoms with Crippen molar-refractivity contribution in [2.45, 2.75) is 45.1 Å². The fourth-order valence-electron chi connectivity index (χ4n) is 2.23. The molecule has 22 heavy (non-hydrogen) atoms. The van der Waals surface area contributed by atoms with Gasteiger partial charge in [-0.15, -0.1) is 11.3 Å². The topological polar surface area (TPSA) is 59.4 Å². The van der Waals surface area contributed by atoms with Crippen LogP contribution in [-0.2, 0) is 9.53 Å². The second-order valence-corrected chi connectivity index (χ2v) is 6.67. The molecule has 0 bridgehead atoms. The molecule has 0 radical (unpaired) electrons. The van der Waals surface area contributed by atoms with Gasteiger partial charge in [-0.3, -0.25) is 4.79 Å². The number of benzene rings is 1. The van der Waals surface area contributed by atoms with E-state index in [2.05, 4.69) is 11.9 Å². The highest BCUT2D eigenvalue weighted by molar-refractivity contribution is 7.80. The second-order valence-electron chi connectivity index (χ2n) is 5.21. The summed E-state index contributed by atoms with van der Waals surface area (Å²) in [6.45, 7) is 4.02. The Bertz CT molecular complexity index is 635. The molecular weight excluding hydrogens is 318 g/mol. The van der Waals surface area contributed by atoms with Crippen LogP contribution in [0.15, 0.2) is 24.3 Å². The van der Waals surface area contributed by atoms with Crippen LogP contribution in [0, 0.1) is 0 Å². The van der Waals surface area contributed by atoms with E-state index in [1.165, 1.54) is 11.3 Å². The highest BCUT2D eigenvalue weighted by Gasteiger charge is 2.26. The van der Waals surface area contributed by atoms with Crippen LogP contribution in [0.4, 0.5) is 0 Å². The standard InChI is InChI=1S/C16H19NO3S2/c1-3-6-10(2)20-16(21)11(9-14(18)19)15-17-12-7-4-5-8-13(12)22-15/h4-5,7-8,10-11H,3,6,9H2,1-2H3,(H,18,19). The normalized spacial score (nSPS) is 13.7. The number of para-hydroxylation sites is 1. The zero-order chi connectivity index (χ0) is 16.1. The summed E-state index contributed by atoms with van der Waals surface area (Å²) < 4.78 is 6.76. The van der Waals surface area contributed by atoms with Crippen molar-refractivity contribution >= 4 is 44.8 Å². The first-order chi connectivity index (χ1) is 10.5. The van der Waals surface area contributed by atoms with Gasteiger partial charge in [-0.25, -0.2) is 4.98 Å². The summed E-state index contributed by atoms with van der Waals surface area (Å²) in [7, 11) is 0. The van der Waals surface area contributed by atoms with Gasteiger partial charge in [-0.2, -0.15) is 0 Å². The van der Waals surface area contributed by atoms with Crippen LogP contribution in [0.25, 0.3) is 10.2 Å². The molecule has 0 saturated heterocycles. The van der Waals surface area contributed by atoms with Gasteiger partial charge in [-0.1, -0.05) is 25.5 Å². The summed E-state index contributed by atoms with van der Waals surface area (Å²) in [4.78, 5) is 15.7. The molecule has 0 aliphatic heterocycles. The molecule has 1 N–H and O–H groups in total. The SMILES string of the molecule is CCCC(C)OC(=S)C(CC(=O)O)c1nc2ccccc2s1. The van der Waals surface area contributed by atoms with Crippen LogP contribution in [0.1, 0.15) is 44.0 Å². The van der Waals surface area contributed by atoms with E-state index in [9.17, 15) is 4.79 Å². The Hall–Kier alpha value is -1.53. The smallest absolute Gasteiger partial charge is 0.304 e. The fraction of sp³-hybridized carbons (Fsp3) is 0.438. The van der Waals surface area contributed by atoms with Crippen LogP contribution >= 0.6 is 23.6 Å². The maximum absolute atomic E-state index is 11.2. The number of thiazole rings is 1. The molecule has 1 aromatic carbocycles. The number of carbonyl (C=O) groups is 1. The lowest BCUT2D eigenvalue weighted by atomic mass is 10.1. The molecule has 2 atom stereocenters. The number of hydrogen-bond acceptors (Lipinski definition) is 5. The molecule has 6 heteroatoms. The van der Waals surface area contributed by atoms with Gasteiger partial charge in [-0.05, 0) is 37.7 Å². The molecule has 2 aromatic rings. The average molecular weight is 337 g/mol. The lowest BCUT2D eigenvalue weighted by Crippen LogP contribution is -2.21. The van der Waals surface area contributed by atoms with E-state index in [-0.39, 0.29) is 12.5 Å². The summed E-state index contributed by atoms with van der Waals surface area (Å²) in [5, 5.41) is 10.2. The third kappa shape index (κ3) is 4.24. The van der Waals surface area contributed by atoms with Crippen molar-refractivity contribution in [3.63, 3.8) is 0 Å². The van der Waals surface area contributed by atoms with Gasteiger partial charge in [0.05, 0.1) is 28.7 Å². The highest BCUT2D eigenvalue weighted by Crippen LogP contribution is 2.31. The number of hydrogen-bond donors (Lipinski definition) is 1. The molecule has 0 saturated carbocycles. The van der Waals surface area contributed by atoms with Gasteiger partial charge in [0.2, 0.25) is 0 Å². The number of aliphatic carboxylic acids is 1. The molecule has 0 spiro atoms. The molecule has 118 valence electrons. The average Bonchev–Trinajstić information content (AvgIpc) is 2.88. The molecule has 2 unspecified atom stereocenters. The first kappa shape index (κ1) is 16.8. The summed E-state index contributed by atoms with van der Waals surface area (Å²) in [5.41, 5.74) is 0.863. The minimum Gasteiger partial charge on any atom is -0.483 e. The number of rotatable bonds is 7. The quantitative estimate of drug-likeness (QED) is 0.759. The Morgan fingerprint density at radius 1 is 1.45 bits per heavy atom. The Morgan fingerprint density at radius 3 is 2.82 bits per heavy atom. The van der Waals surface area contributed by atoms with E-state index in [0.29, 0.717) is 10.1 Å². The predicted octanol–water partition coefficient (Wildman–Crippen LogP) is 4.39. The number of thiocarbonyl (C=S) groups is 1. The molecule has 0 amide bonds. The summed E-state index contributed by atoms with van der Waals surface area (Å²) in [5.74, 6) is -1.39. The summed E-state index contributed by atoms with van der Waals surface area (Å²) >= 11 is 6.83. The van der Waals surface area contributed by atoms with Crippen molar-refractivity contribution in [3.05, 3.63) is 29.3 Å². The van der Waals surface area contributed by atoms with Crippen molar-refractivity contribution < 1.29 is 14.6 Å². The Balaban J connectivity index is 2.24. The van der Waals surface area contributed by atoms with Crippen molar-refractivity contribution in [2.75, 3.05) is 0 Å². The fourth-order valence-corrected chi connectivity index (χ4v) is 3.73. The van der Waals surface area contributed by atoms with Crippen molar-refractivity contribution in [2.24, 2.45) is 0 Å². The van der Waals surface area contributed by atoms with Gasteiger partial charge in [0.25, 0.3) is 0 Å². The molecule has 0 aliphatic carbocycles. The Labute approximate surface area is 139 Å². The number of aromatic nitrogens is 1. The molecule has 0 aliphatic rings. The van der Waals surface area contributed by atoms with Gasteiger partial charge in [0, 0.05) is 0 Å². The van der Waals surface area contributed by atoms with Crippen LogP contribution in [0.2, 0.25) is 0 Å². The third-order valence-electron chi connectivity index (χ3n) is 3.28.